The molecule has 24 heavy (non-hydrogen) atoms. The second-order valence-electron chi connectivity index (χ2n) is 6.33. The minimum absolute atomic E-state index is 0.0304. The maximum absolute atomic E-state index is 11.8. The third-order valence-corrected chi connectivity index (χ3v) is 3.79. The molecule has 0 bridgehead atoms. The van der Waals surface area contributed by atoms with Crippen molar-refractivity contribution in [1.29, 1.82) is 0 Å². The molecule has 0 saturated heterocycles. The van der Waals surface area contributed by atoms with E-state index in [9.17, 15) is 4.79 Å². The number of rotatable bonds is 9. The van der Waals surface area contributed by atoms with Crippen LogP contribution in [0.3, 0.4) is 0 Å². The van der Waals surface area contributed by atoms with E-state index in [1.807, 2.05) is 18.2 Å². The molecule has 1 aromatic rings. The Balaban J connectivity index is 2.62. The highest BCUT2D eigenvalue weighted by Crippen LogP contribution is 2.03. The first-order valence-electron chi connectivity index (χ1n) is 8.81. The van der Waals surface area contributed by atoms with Crippen molar-refractivity contribution in [1.82, 2.24) is 15.5 Å². The normalized spacial score (nSPS) is 12.6. The molecule has 1 unspecified atom stereocenters. The predicted molar refractivity (Wildman–Crippen MR) is 101 cm³/mol. The fourth-order valence-corrected chi connectivity index (χ4v) is 2.23. The summed E-state index contributed by atoms with van der Waals surface area (Å²) in [7, 11) is 3.51. The van der Waals surface area contributed by atoms with Crippen molar-refractivity contribution in [3.05, 3.63) is 35.9 Å². The molecule has 0 heterocycles. The quantitative estimate of drug-likeness (QED) is 0.415. The summed E-state index contributed by atoms with van der Waals surface area (Å²) in [6, 6.07) is 10.4. The second kappa shape index (κ2) is 11.5. The summed E-state index contributed by atoms with van der Waals surface area (Å²) in [5, 5.41) is 6.55. The molecule has 5 nitrogen and oxygen atoms in total. The third-order valence-electron chi connectivity index (χ3n) is 3.79. The van der Waals surface area contributed by atoms with Crippen molar-refractivity contribution in [2.45, 2.75) is 52.1 Å². The number of guanidine groups is 1. The van der Waals surface area contributed by atoms with Crippen LogP contribution in [0.15, 0.2) is 35.3 Å². The van der Waals surface area contributed by atoms with Gasteiger partial charge < -0.3 is 15.5 Å². The highest BCUT2D eigenvalue weighted by molar-refractivity contribution is 5.86. The van der Waals surface area contributed by atoms with Gasteiger partial charge in [-0.1, -0.05) is 56.5 Å². The van der Waals surface area contributed by atoms with Crippen molar-refractivity contribution in [2.75, 3.05) is 20.6 Å². The monoisotopic (exact) mass is 332 g/mol. The Bertz CT molecular complexity index is 499. The summed E-state index contributed by atoms with van der Waals surface area (Å²) in [5.41, 5.74) is 1.15. The summed E-state index contributed by atoms with van der Waals surface area (Å²) < 4.78 is 0. The largest absolute Gasteiger partial charge is 0.354 e. The van der Waals surface area contributed by atoms with Crippen molar-refractivity contribution >= 4 is 11.9 Å². The van der Waals surface area contributed by atoms with Crippen LogP contribution >= 0.6 is 0 Å². The maximum Gasteiger partial charge on any atom is 0.241 e. The number of nitrogens with one attached hydrogen (secondary N) is 2. The van der Waals surface area contributed by atoms with E-state index in [1.54, 1.807) is 19.0 Å². The molecule has 0 fully saturated rings. The Morgan fingerprint density at radius 3 is 2.54 bits per heavy atom. The van der Waals surface area contributed by atoms with Gasteiger partial charge in [0, 0.05) is 20.1 Å². The second-order valence-corrected chi connectivity index (χ2v) is 6.33. The first-order valence-corrected chi connectivity index (χ1v) is 8.81. The van der Waals surface area contributed by atoms with Gasteiger partial charge in [-0.25, -0.2) is 4.99 Å². The molecule has 0 radical (unpaired) electrons. The van der Waals surface area contributed by atoms with Crippen LogP contribution in [0.1, 0.15) is 45.1 Å². The lowest BCUT2D eigenvalue weighted by Gasteiger charge is -2.19. The van der Waals surface area contributed by atoms with Crippen molar-refractivity contribution in [2.24, 2.45) is 4.99 Å². The minimum Gasteiger partial charge on any atom is -0.354 e. The third kappa shape index (κ3) is 8.56. The van der Waals surface area contributed by atoms with Gasteiger partial charge in [0.25, 0.3) is 0 Å². The Hall–Kier alpha value is -2.04. The van der Waals surface area contributed by atoms with Crippen LogP contribution in [0, 0.1) is 0 Å². The molecule has 1 aromatic carbocycles. The molecule has 134 valence electrons. The van der Waals surface area contributed by atoms with E-state index >= 15 is 0 Å². The number of benzene rings is 1. The number of aliphatic imine (C=N–C) groups is 1. The lowest BCUT2D eigenvalue weighted by Crippen LogP contribution is -2.46. The Morgan fingerprint density at radius 1 is 1.21 bits per heavy atom. The van der Waals surface area contributed by atoms with Crippen molar-refractivity contribution in [3.8, 4) is 0 Å². The van der Waals surface area contributed by atoms with Gasteiger partial charge in [0.15, 0.2) is 5.96 Å². The molecule has 1 amide bonds. The molecule has 0 aliphatic heterocycles. The van der Waals surface area contributed by atoms with Gasteiger partial charge in [0.2, 0.25) is 5.91 Å². The molecule has 0 spiro atoms. The predicted octanol–water partition coefficient (Wildman–Crippen LogP) is 2.78. The fourth-order valence-electron chi connectivity index (χ4n) is 2.23. The maximum atomic E-state index is 11.8. The van der Waals surface area contributed by atoms with Crippen LogP contribution in [-0.2, 0) is 11.3 Å². The minimum atomic E-state index is 0.0304. The molecule has 5 heteroatoms. The average Bonchev–Trinajstić information content (AvgIpc) is 2.58. The topological polar surface area (TPSA) is 56.7 Å². The summed E-state index contributed by atoms with van der Waals surface area (Å²) in [5.74, 6) is 0.723. The molecule has 1 atom stereocenters. The van der Waals surface area contributed by atoms with Gasteiger partial charge in [-0.2, -0.15) is 0 Å². The summed E-state index contributed by atoms with van der Waals surface area (Å²) >= 11 is 0. The Labute approximate surface area is 146 Å². The smallest absolute Gasteiger partial charge is 0.241 e. The Kier molecular flexibility index (Phi) is 9.58. The van der Waals surface area contributed by atoms with Gasteiger partial charge in [-0.05, 0) is 18.9 Å². The average molecular weight is 332 g/mol. The van der Waals surface area contributed by atoms with Gasteiger partial charge in [0.1, 0.15) is 0 Å². The standard InChI is InChI=1S/C19H32N4O/c1-5-6-8-11-16(2)22-19(21-15-18(24)23(3)4)20-14-17-12-9-7-10-13-17/h7,9-10,12-13,16H,5-6,8,11,14-15H2,1-4H3,(H2,20,21,22). The molecule has 0 aliphatic rings. The number of amides is 1. The van der Waals surface area contributed by atoms with Crippen LogP contribution in [0.5, 0.6) is 0 Å². The molecule has 0 aromatic heterocycles. The molecular formula is C19H32N4O. The molecule has 2 N–H and O–H groups in total. The number of carbonyl (C=O) groups excluding carboxylic acids is 1. The van der Waals surface area contributed by atoms with Crippen LogP contribution < -0.4 is 10.6 Å². The van der Waals surface area contributed by atoms with E-state index in [1.165, 1.54) is 19.3 Å². The SMILES string of the molecule is CCCCCC(C)NC(=NCc1ccccc1)NCC(=O)N(C)C. The summed E-state index contributed by atoms with van der Waals surface area (Å²) in [6.45, 7) is 5.20. The van der Waals surface area contributed by atoms with E-state index in [2.05, 4.69) is 41.6 Å². The molecule has 0 aliphatic carbocycles. The molecular weight excluding hydrogens is 300 g/mol. The van der Waals surface area contributed by atoms with Crippen molar-refractivity contribution < 1.29 is 4.79 Å². The zero-order valence-corrected chi connectivity index (χ0v) is 15.5. The van der Waals surface area contributed by atoms with Crippen LogP contribution in [-0.4, -0.2) is 43.4 Å². The Morgan fingerprint density at radius 2 is 1.92 bits per heavy atom. The van der Waals surface area contributed by atoms with Gasteiger partial charge in [-0.15, -0.1) is 0 Å². The molecule has 1 rings (SSSR count). The van der Waals surface area contributed by atoms with E-state index in [4.69, 9.17) is 0 Å². The molecule has 0 saturated carbocycles. The number of hydrogen-bond donors (Lipinski definition) is 2. The van der Waals surface area contributed by atoms with E-state index in [-0.39, 0.29) is 12.5 Å². The summed E-state index contributed by atoms with van der Waals surface area (Å²) in [6.07, 6.45) is 4.76. The van der Waals surface area contributed by atoms with Crippen molar-refractivity contribution in [3.63, 3.8) is 0 Å². The lowest BCUT2D eigenvalue weighted by atomic mass is 10.1. The highest BCUT2D eigenvalue weighted by Gasteiger charge is 2.09. The number of nitrogens with zero attached hydrogens (tertiary/aromatic N) is 2. The number of unbranched alkanes of at least 4 members (excludes halogenated alkanes) is 2. The van der Waals surface area contributed by atoms with E-state index in [0.29, 0.717) is 18.5 Å². The first kappa shape index (κ1) is 20.0. The summed E-state index contributed by atoms with van der Waals surface area (Å²) in [4.78, 5) is 18.0. The van der Waals surface area contributed by atoms with E-state index < -0.39 is 0 Å². The first-order chi connectivity index (χ1) is 11.5. The van der Waals surface area contributed by atoms with Crippen LogP contribution in [0.25, 0.3) is 0 Å². The number of carbonyl (C=O) groups is 1. The fraction of sp³-hybridized carbons (Fsp3) is 0.579. The van der Waals surface area contributed by atoms with E-state index in [0.717, 1.165) is 12.0 Å². The number of likely N-dealkylation sites (N-methyl/N-ethyl adjacent to an activating group) is 1. The lowest BCUT2D eigenvalue weighted by molar-refractivity contribution is -0.127. The zero-order chi connectivity index (χ0) is 17.8. The van der Waals surface area contributed by atoms with Crippen LogP contribution in [0.2, 0.25) is 0 Å². The van der Waals surface area contributed by atoms with Gasteiger partial charge >= 0.3 is 0 Å². The van der Waals surface area contributed by atoms with Gasteiger partial charge in [-0.3, -0.25) is 4.79 Å². The zero-order valence-electron chi connectivity index (χ0n) is 15.5. The van der Waals surface area contributed by atoms with Crippen LogP contribution in [0.4, 0.5) is 0 Å². The highest BCUT2D eigenvalue weighted by atomic mass is 16.2. The number of hydrogen-bond acceptors (Lipinski definition) is 2. The van der Waals surface area contributed by atoms with Gasteiger partial charge in [0.05, 0.1) is 13.1 Å².